The van der Waals surface area contributed by atoms with E-state index >= 15 is 0 Å². The number of terminal acetylenes is 1. The molecule has 0 aliphatic carbocycles. The van der Waals surface area contributed by atoms with E-state index in [9.17, 15) is 0 Å². The molecule has 0 spiro atoms. The van der Waals surface area contributed by atoms with Gasteiger partial charge in [0.2, 0.25) is 0 Å². The van der Waals surface area contributed by atoms with Gasteiger partial charge < -0.3 is 14.8 Å². The highest BCUT2D eigenvalue weighted by Crippen LogP contribution is 2.42. The molecule has 0 radical (unpaired) electrons. The van der Waals surface area contributed by atoms with Gasteiger partial charge in [0.15, 0.2) is 11.5 Å². The van der Waals surface area contributed by atoms with E-state index in [2.05, 4.69) is 29.9 Å². The first-order valence-electron chi connectivity index (χ1n) is 7.53. The standard InChI is InChI=1S/C20H19NO2/c1-4-7-15-11-17-20(19(12-15)22-3)23-13-18(21-17)16-9-6-8-14(5-2)10-16/h2,4,6,8-12,18,21H,1,7,13H2,3H3. The van der Waals surface area contributed by atoms with E-state index in [1.54, 1.807) is 7.11 Å². The van der Waals surface area contributed by atoms with Crippen LogP contribution in [0.5, 0.6) is 11.5 Å². The number of methoxy groups -OCH3 is 1. The molecule has 0 bridgehead atoms. The molecule has 3 heteroatoms. The van der Waals surface area contributed by atoms with Gasteiger partial charge in [0.05, 0.1) is 18.8 Å². The van der Waals surface area contributed by atoms with Gasteiger partial charge in [-0.2, -0.15) is 0 Å². The molecule has 2 aromatic rings. The van der Waals surface area contributed by atoms with E-state index < -0.39 is 0 Å². The predicted octanol–water partition coefficient (Wildman–Crippen LogP) is 3.95. The smallest absolute Gasteiger partial charge is 0.184 e. The van der Waals surface area contributed by atoms with Gasteiger partial charge in [0.1, 0.15) is 6.61 Å². The van der Waals surface area contributed by atoms with Crippen molar-refractivity contribution in [1.82, 2.24) is 0 Å². The molecule has 1 aliphatic rings. The lowest BCUT2D eigenvalue weighted by atomic mass is 10.0. The minimum atomic E-state index is 0.0551. The first-order valence-corrected chi connectivity index (χ1v) is 7.53. The van der Waals surface area contributed by atoms with Crippen molar-refractivity contribution in [2.75, 3.05) is 19.0 Å². The molecule has 3 nitrogen and oxygen atoms in total. The SMILES string of the molecule is C#Cc1cccc(C2COc3c(cc(CC=C)cc3OC)N2)c1. The molecule has 1 unspecified atom stereocenters. The highest BCUT2D eigenvalue weighted by molar-refractivity contribution is 5.67. The molecular formula is C20H19NO2. The Morgan fingerprint density at radius 2 is 2.30 bits per heavy atom. The first kappa shape index (κ1) is 15.1. The third kappa shape index (κ3) is 3.02. The molecule has 3 rings (SSSR count). The van der Waals surface area contributed by atoms with Crippen LogP contribution in [0.4, 0.5) is 5.69 Å². The topological polar surface area (TPSA) is 30.5 Å². The number of anilines is 1. The Morgan fingerprint density at radius 3 is 3.04 bits per heavy atom. The second kappa shape index (κ2) is 6.50. The van der Waals surface area contributed by atoms with Crippen LogP contribution in [-0.2, 0) is 6.42 Å². The summed E-state index contributed by atoms with van der Waals surface area (Å²) in [5.41, 5.74) is 4.04. The van der Waals surface area contributed by atoms with Crippen LogP contribution < -0.4 is 14.8 Å². The summed E-state index contributed by atoms with van der Waals surface area (Å²) in [7, 11) is 1.65. The summed E-state index contributed by atoms with van der Waals surface area (Å²) in [5.74, 6) is 4.16. The summed E-state index contributed by atoms with van der Waals surface area (Å²) in [6, 6.07) is 12.1. The van der Waals surface area contributed by atoms with Crippen molar-refractivity contribution in [2.45, 2.75) is 12.5 Å². The molecule has 1 heterocycles. The lowest BCUT2D eigenvalue weighted by molar-refractivity contribution is 0.268. The highest BCUT2D eigenvalue weighted by Gasteiger charge is 2.24. The van der Waals surface area contributed by atoms with E-state index in [1.165, 1.54) is 0 Å². The summed E-state index contributed by atoms with van der Waals surface area (Å²) in [4.78, 5) is 0. The molecule has 0 aromatic heterocycles. The minimum absolute atomic E-state index is 0.0551. The summed E-state index contributed by atoms with van der Waals surface area (Å²) in [5, 5.41) is 3.53. The average Bonchev–Trinajstić information content (AvgIpc) is 2.60. The molecular weight excluding hydrogens is 286 g/mol. The van der Waals surface area contributed by atoms with Crippen molar-refractivity contribution in [3.63, 3.8) is 0 Å². The summed E-state index contributed by atoms with van der Waals surface area (Å²) in [6.07, 6.45) is 8.14. The number of hydrogen-bond donors (Lipinski definition) is 1. The Kier molecular flexibility index (Phi) is 4.25. The van der Waals surface area contributed by atoms with Gasteiger partial charge in [0.25, 0.3) is 0 Å². The highest BCUT2D eigenvalue weighted by atomic mass is 16.5. The third-order valence-corrected chi connectivity index (χ3v) is 3.89. The Balaban J connectivity index is 1.94. The van der Waals surface area contributed by atoms with Gasteiger partial charge in [-0.25, -0.2) is 0 Å². The normalized spacial score (nSPS) is 15.6. The zero-order chi connectivity index (χ0) is 16.2. The largest absolute Gasteiger partial charge is 0.493 e. The molecule has 116 valence electrons. The molecule has 23 heavy (non-hydrogen) atoms. The molecule has 0 saturated heterocycles. The van der Waals surface area contributed by atoms with Crippen LogP contribution in [0.3, 0.4) is 0 Å². The fourth-order valence-corrected chi connectivity index (χ4v) is 2.77. The van der Waals surface area contributed by atoms with E-state index in [0.717, 1.165) is 40.3 Å². The van der Waals surface area contributed by atoms with Gasteiger partial charge in [-0.1, -0.05) is 24.1 Å². The van der Waals surface area contributed by atoms with Crippen LogP contribution in [0.15, 0.2) is 49.1 Å². The van der Waals surface area contributed by atoms with Gasteiger partial charge in [-0.05, 0) is 41.8 Å². The van der Waals surface area contributed by atoms with Crippen LogP contribution in [0, 0.1) is 12.3 Å². The van der Waals surface area contributed by atoms with Crippen molar-refractivity contribution in [1.29, 1.82) is 0 Å². The van der Waals surface area contributed by atoms with E-state index in [-0.39, 0.29) is 6.04 Å². The Labute approximate surface area is 136 Å². The molecule has 2 aromatic carbocycles. The molecule has 1 atom stereocenters. The van der Waals surface area contributed by atoms with Crippen molar-refractivity contribution in [3.05, 3.63) is 65.7 Å². The lowest BCUT2D eigenvalue weighted by Gasteiger charge is -2.29. The van der Waals surface area contributed by atoms with Crippen LogP contribution >= 0.6 is 0 Å². The Hall–Kier alpha value is -2.86. The van der Waals surface area contributed by atoms with E-state index in [1.807, 2.05) is 30.3 Å². The molecule has 0 amide bonds. The molecule has 0 saturated carbocycles. The van der Waals surface area contributed by atoms with E-state index in [4.69, 9.17) is 15.9 Å². The van der Waals surface area contributed by atoms with Gasteiger partial charge >= 0.3 is 0 Å². The maximum Gasteiger partial charge on any atom is 0.184 e. The van der Waals surface area contributed by atoms with Crippen molar-refractivity contribution >= 4 is 5.69 Å². The minimum Gasteiger partial charge on any atom is -0.493 e. The predicted molar refractivity (Wildman–Crippen MR) is 93.1 cm³/mol. The monoisotopic (exact) mass is 305 g/mol. The average molecular weight is 305 g/mol. The molecule has 0 fully saturated rings. The maximum atomic E-state index is 5.95. The number of hydrogen-bond acceptors (Lipinski definition) is 3. The van der Waals surface area contributed by atoms with E-state index in [0.29, 0.717) is 6.61 Å². The second-order valence-electron chi connectivity index (χ2n) is 5.45. The number of benzene rings is 2. The van der Waals surface area contributed by atoms with Gasteiger partial charge in [-0.15, -0.1) is 13.0 Å². The number of rotatable bonds is 4. The summed E-state index contributed by atoms with van der Waals surface area (Å²) >= 11 is 0. The number of ether oxygens (including phenoxy) is 2. The lowest BCUT2D eigenvalue weighted by Crippen LogP contribution is -2.24. The van der Waals surface area contributed by atoms with Gasteiger partial charge in [0, 0.05) is 5.56 Å². The maximum absolute atomic E-state index is 5.95. The third-order valence-electron chi connectivity index (χ3n) is 3.89. The van der Waals surface area contributed by atoms with Crippen LogP contribution in [0.25, 0.3) is 0 Å². The fourth-order valence-electron chi connectivity index (χ4n) is 2.77. The molecule has 1 N–H and O–H groups in total. The quantitative estimate of drug-likeness (QED) is 0.685. The number of allylic oxidation sites excluding steroid dienone is 1. The second-order valence-corrected chi connectivity index (χ2v) is 5.45. The number of nitrogens with one attached hydrogen (secondary N) is 1. The van der Waals surface area contributed by atoms with Crippen molar-refractivity contribution in [2.24, 2.45) is 0 Å². The fraction of sp³-hybridized carbons (Fsp3) is 0.200. The van der Waals surface area contributed by atoms with Crippen molar-refractivity contribution in [3.8, 4) is 23.8 Å². The van der Waals surface area contributed by atoms with Crippen molar-refractivity contribution < 1.29 is 9.47 Å². The first-order chi connectivity index (χ1) is 11.2. The Bertz CT molecular complexity index is 774. The van der Waals surface area contributed by atoms with Crippen LogP contribution in [-0.4, -0.2) is 13.7 Å². The summed E-state index contributed by atoms with van der Waals surface area (Å²) in [6.45, 7) is 4.32. The van der Waals surface area contributed by atoms with Crippen LogP contribution in [0.1, 0.15) is 22.7 Å². The zero-order valence-corrected chi connectivity index (χ0v) is 13.1. The zero-order valence-electron chi connectivity index (χ0n) is 13.1. The number of fused-ring (bicyclic) bond motifs is 1. The Morgan fingerprint density at radius 1 is 1.43 bits per heavy atom. The van der Waals surface area contributed by atoms with Crippen LogP contribution in [0.2, 0.25) is 0 Å². The molecule has 1 aliphatic heterocycles. The summed E-state index contributed by atoms with van der Waals surface area (Å²) < 4.78 is 11.4. The van der Waals surface area contributed by atoms with Gasteiger partial charge in [-0.3, -0.25) is 0 Å².